The first kappa shape index (κ1) is 15.1. The molecule has 1 unspecified atom stereocenters. The molecule has 5 heteroatoms. The summed E-state index contributed by atoms with van der Waals surface area (Å²) in [6.45, 7) is 8.16. The Hall–Kier alpha value is -1.26. The van der Waals surface area contributed by atoms with Gasteiger partial charge in [0.1, 0.15) is 5.75 Å². The average molecular weight is 297 g/mol. The van der Waals surface area contributed by atoms with E-state index in [1.165, 1.54) is 0 Å². The molecule has 1 amide bonds. The molecular weight excluding hydrogens is 276 g/mol. The molecule has 2 rings (SSSR count). The summed E-state index contributed by atoms with van der Waals surface area (Å²) in [5.74, 6) is 0.742. The maximum atomic E-state index is 12.4. The Kier molecular flexibility index (Phi) is 4.89. The summed E-state index contributed by atoms with van der Waals surface area (Å²) >= 11 is 5.92. The van der Waals surface area contributed by atoms with Gasteiger partial charge in [0.25, 0.3) is 5.91 Å². The van der Waals surface area contributed by atoms with E-state index in [0.29, 0.717) is 10.8 Å². The van der Waals surface area contributed by atoms with Gasteiger partial charge >= 0.3 is 0 Å². The third-order valence-electron chi connectivity index (χ3n) is 3.57. The fraction of sp³-hybridized carbons (Fsp3) is 0.533. The summed E-state index contributed by atoms with van der Waals surface area (Å²) in [7, 11) is 0. The number of rotatable bonds is 3. The molecule has 0 aliphatic carbocycles. The van der Waals surface area contributed by atoms with Gasteiger partial charge in [-0.2, -0.15) is 0 Å². The van der Waals surface area contributed by atoms with Gasteiger partial charge in [0, 0.05) is 30.7 Å². The van der Waals surface area contributed by atoms with Crippen LogP contribution in [0.4, 0.5) is 0 Å². The average Bonchev–Trinajstić information content (AvgIpc) is 2.41. The van der Waals surface area contributed by atoms with E-state index < -0.39 is 6.10 Å². The van der Waals surface area contributed by atoms with Crippen LogP contribution in [0.5, 0.6) is 5.75 Å². The summed E-state index contributed by atoms with van der Waals surface area (Å²) in [5.41, 5.74) is 0.936. The molecule has 4 nitrogen and oxygen atoms in total. The second-order valence-electron chi connectivity index (χ2n) is 5.25. The highest BCUT2D eigenvalue weighted by molar-refractivity contribution is 6.30. The third kappa shape index (κ3) is 3.44. The summed E-state index contributed by atoms with van der Waals surface area (Å²) in [6.07, 6.45) is -0.490. The Balaban J connectivity index is 2.03. The van der Waals surface area contributed by atoms with Crippen LogP contribution < -0.4 is 10.1 Å². The van der Waals surface area contributed by atoms with E-state index in [-0.39, 0.29) is 11.9 Å². The number of hydrogen-bond acceptors (Lipinski definition) is 3. The summed E-state index contributed by atoms with van der Waals surface area (Å²) in [5, 5.41) is 3.94. The number of ether oxygens (including phenoxy) is 1. The van der Waals surface area contributed by atoms with Crippen molar-refractivity contribution in [2.45, 2.75) is 32.9 Å². The maximum absolute atomic E-state index is 12.4. The predicted molar refractivity (Wildman–Crippen MR) is 80.3 cm³/mol. The summed E-state index contributed by atoms with van der Waals surface area (Å²) in [6, 6.07) is 5.62. The van der Waals surface area contributed by atoms with Gasteiger partial charge in [0.05, 0.1) is 0 Å². The molecule has 1 aliphatic rings. The molecule has 1 aromatic carbocycles. The Morgan fingerprint density at radius 3 is 2.95 bits per heavy atom. The van der Waals surface area contributed by atoms with Crippen molar-refractivity contribution in [3.8, 4) is 5.75 Å². The number of aryl methyl sites for hydroxylation is 1. The molecule has 1 aromatic rings. The van der Waals surface area contributed by atoms with Gasteiger partial charge in [0.2, 0.25) is 0 Å². The molecule has 0 saturated carbocycles. The number of halogens is 1. The number of piperazine rings is 1. The van der Waals surface area contributed by atoms with Crippen LogP contribution in [0.1, 0.15) is 19.4 Å². The number of hydrogen-bond donors (Lipinski definition) is 1. The minimum atomic E-state index is -0.490. The van der Waals surface area contributed by atoms with Crippen LogP contribution in [0, 0.1) is 6.92 Å². The van der Waals surface area contributed by atoms with Crippen molar-refractivity contribution in [1.29, 1.82) is 0 Å². The molecule has 0 spiro atoms. The van der Waals surface area contributed by atoms with E-state index in [1.807, 2.05) is 30.9 Å². The van der Waals surface area contributed by atoms with E-state index >= 15 is 0 Å². The van der Waals surface area contributed by atoms with Crippen molar-refractivity contribution in [1.82, 2.24) is 10.2 Å². The van der Waals surface area contributed by atoms with Crippen molar-refractivity contribution in [2.24, 2.45) is 0 Å². The largest absolute Gasteiger partial charge is 0.481 e. The Labute approximate surface area is 125 Å². The van der Waals surface area contributed by atoms with Crippen molar-refractivity contribution < 1.29 is 9.53 Å². The van der Waals surface area contributed by atoms with Gasteiger partial charge in [-0.15, -0.1) is 0 Å². The molecule has 1 fully saturated rings. The smallest absolute Gasteiger partial charge is 0.263 e. The van der Waals surface area contributed by atoms with Crippen LogP contribution in [0.25, 0.3) is 0 Å². The van der Waals surface area contributed by atoms with Crippen molar-refractivity contribution in [2.75, 3.05) is 19.6 Å². The molecule has 1 saturated heterocycles. The van der Waals surface area contributed by atoms with Gasteiger partial charge in [-0.3, -0.25) is 4.79 Å². The van der Waals surface area contributed by atoms with Crippen LogP contribution in [0.2, 0.25) is 5.02 Å². The zero-order valence-electron chi connectivity index (χ0n) is 12.1. The zero-order valence-corrected chi connectivity index (χ0v) is 12.9. The van der Waals surface area contributed by atoms with Gasteiger partial charge < -0.3 is 15.0 Å². The minimum Gasteiger partial charge on any atom is -0.481 e. The van der Waals surface area contributed by atoms with Crippen LogP contribution in [-0.2, 0) is 4.79 Å². The normalized spacial score (nSPS) is 20.6. The van der Waals surface area contributed by atoms with E-state index in [0.717, 1.165) is 25.2 Å². The Morgan fingerprint density at radius 2 is 2.30 bits per heavy atom. The molecule has 0 radical (unpaired) electrons. The number of benzene rings is 1. The summed E-state index contributed by atoms with van der Waals surface area (Å²) < 4.78 is 5.79. The van der Waals surface area contributed by atoms with Crippen LogP contribution in [0.3, 0.4) is 0 Å². The topological polar surface area (TPSA) is 41.6 Å². The van der Waals surface area contributed by atoms with Crippen LogP contribution in [-0.4, -0.2) is 42.6 Å². The molecule has 20 heavy (non-hydrogen) atoms. The van der Waals surface area contributed by atoms with E-state index in [4.69, 9.17) is 16.3 Å². The molecule has 1 heterocycles. The molecule has 0 aromatic heterocycles. The standard InChI is InChI=1S/C15H21ClN2O2/c1-10-8-13(16)4-5-14(10)20-12(3)15(19)18-7-6-17-9-11(18)2/h4-5,8,11-12,17H,6-7,9H2,1-3H3/t11-,12?/m1/s1. The monoisotopic (exact) mass is 296 g/mol. The quantitative estimate of drug-likeness (QED) is 0.930. The fourth-order valence-corrected chi connectivity index (χ4v) is 2.61. The van der Waals surface area contributed by atoms with Gasteiger partial charge in [-0.25, -0.2) is 0 Å². The molecule has 1 aliphatic heterocycles. The highest BCUT2D eigenvalue weighted by Crippen LogP contribution is 2.23. The van der Waals surface area contributed by atoms with Gasteiger partial charge in [-0.05, 0) is 44.5 Å². The van der Waals surface area contributed by atoms with Crippen molar-refractivity contribution >= 4 is 17.5 Å². The number of amides is 1. The number of carbonyl (C=O) groups excluding carboxylic acids is 1. The highest BCUT2D eigenvalue weighted by Gasteiger charge is 2.28. The maximum Gasteiger partial charge on any atom is 0.263 e. The highest BCUT2D eigenvalue weighted by atomic mass is 35.5. The first-order valence-electron chi connectivity index (χ1n) is 6.93. The van der Waals surface area contributed by atoms with E-state index in [1.54, 1.807) is 13.0 Å². The SMILES string of the molecule is Cc1cc(Cl)ccc1OC(C)C(=O)N1CCNC[C@H]1C. The van der Waals surface area contributed by atoms with Crippen molar-refractivity contribution in [3.63, 3.8) is 0 Å². The van der Waals surface area contributed by atoms with Gasteiger partial charge in [0.15, 0.2) is 6.10 Å². The first-order chi connectivity index (χ1) is 9.49. The lowest BCUT2D eigenvalue weighted by molar-refractivity contribution is -0.140. The van der Waals surface area contributed by atoms with Crippen LogP contribution >= 0.6 is 11.6 Å². The van der Waals surface area contributed by atoms with Crippen molar-refractivity contribution in [3.05, 3.63) is 28.8 Å². The lowest BCUT2D eigenvalue weighted by Crippen LogP contribution is -2.55. The van der Waals surface area contributed by atoms with Crippen LogP contribution in [0.15, 0.2) is 18.2 Å². The Bertz CT molecular complexity index is 493. The molecule has 1 N–H and O–H groups in total. The molecule has 0 bridgehead atoms. The molecule has 110 valence electrons. The second-order valence-corrected chi connectivity index (χ2v) is 5.69. The predicted octanol–water partition coefficient (Wildman–Crippen LogP) is 2.24. The lowest BCUT2D eigenvalue weighted by atomic mass is 10.2. The molecular formula is C15H21ClN2O2. The zero-order chi connectivity index (χ0) is 14.7. The number of nitrogens with one attached hydrogen (secondary N) is 1. The number of carbonyl (C=O) groups is 1. The molecule has 2 atom stereocenters. The summed E-state index contributed by atoms with van der Waals surface area (Å²) in [4.78, 5) is 14.3. The second kappa shape index (κ2) is 6.46. The fourth-order valence-electron chi connectivity index (χ4n) is 2.39. The third-order valence-corrected chi connectivity index (χ3v) is 3.81. The number of nitrogens with zero attached hydrogens (tertiary/aromatic N) is 1. The van der Waals surface area contributed by atoms with Gasteiger partial charge in [-0.1, -0.05) is 11.6 Å². The lowest BCUT2D eigenvalue weighted by Gasteiger charge is -2.35. The minimum absolute atomic E-state index is 0.0355. The van der Waals surface area contributed by atoms with E-state index in [2.05, 4.69) is 5.32 Å². The Morgan fingerprint density at radius 1 is 1.55 bits per heavy atom. The van der Waals surface area contributed by atoms with E-state index in [9.17, 15) is 4.79 Å². The first-order valence-corrected chi connectivity index (χ1v) is 7.31.